The second-order valence-electron chi connectivity index (χ2n) is 5.55. The summed E-state index contributed by atoms with van der Waals surface area (Å²) in [5.41, 5.74) is 5.97. The third-order valence-electron chi connectivity index (χ3n) is 4.04. The average molecular weight is 298 g/mol. The monoisotopic (exact) mass is 297 g/mol. The molecule has 0 radical (unpaired) electrons. The third-order valence-corrected chi connectivity index (χ3v) is 4.04. The van der Waals surface area contributed by atoms with Crippen LogP contribution in [0.4, 0.5) is 17.6 Å². The van der Waals surface area contributed by atoms with E-state index >= 15 is 0 Å². The van der Waals surface area contributed by atoms with E-state index in [9.17, 15) is 0 Å². The lowest BCUT2D eigenvalue weighted by Gasteiger charge is -2.30. The molecule has 2 aliphatic rings. The van der Waals surface area contributed by atoms with Crippen LogP contribution in [0.3, 0.4) is 0 Å². The Balaban J connectivity index is 0.00000147. The molecule has 5 nitrogen and oxygen atoms in total. The fourth-order valence-electron chi connectivity index (χ4n) is 2.96. The zero-order valence-electron chi connectivity index (χ0n) is 11.9. The van der Waals surface area contributed by atoms with Crippen LogP contribution in [0.2, 0.25) is 0 Å². The van der Waals surface area contributed by atoms with E-state index in [-0.39, 0.29) is 12.4 Å². The van der Waals surface area contributed by atoms with Crippen molar-refractivity contribution in [2.75, 3.05) is 41.7 Å². The summed E-state index contributed by atoms with van der Waals surface area (Å²) in [5, 5.41) is 0. The van der Waals surface area contributed by atoms with Crippen molar-refractivity contribution in [1.82, 2.24) is 9.97 Å². The van der Waals surface area contributed by atoms with E-state index in [1.54, 1.807) is 0 Å². The van der Waals surface area contributed by atoms with E-state index in [4.69, 9.17) is 10.7 Å². The third kappa shape index (κ3) is 3.45. The van der Waals surface area contributed by atoms with Crippen molar-refractivity contribution in [3.05, 3.63) is 6.07 Å². The largest absolute Gasteiger partial charge is 0.383 e. The van der Waals surface area contributed by atoms with E-state index in [0.717, 1.165) is 37.9 Å². The van der Waals surface area contributed by atoms with Gasteiger partial charge in [0.05, 0.1) is 0 Å². The first-order valence-corrected chi connectivity index (χ1v) is 7.47. The molecule has 3 rings (SSSR count). The maximum absolute atomic E-state index is 5.97. The molecule has 2 saturated heterocycles. The minimum atomic E-state index is 0. The fraction of sp³-hybridized carbons (Fsp3) is 0.714. The highest BCUT2D eigenvalue weighted by molar-refractivity contribution is 5.85. The molecule has 3 heterocycles. The summed E-state index contributed by atoms with van der Waals surface area (Å²) in [6.45, 7) is 4.30. The quantitative estimate of drug-likeness (QED) is 0.909. The molecule has 0 saturated carbocycles. The van der Waals surface area contributed by atoms with Gasteiger partial charge >= 0.3 is 0 Å². The molecular formula is C14H24ClN5. The summed E-state index contributed by atoms with van der Waals surface area (Å²) in [5.74, 6) is 2.42. The molecule has 2 fully saturated rings. The van der Waals surface area contributed by atoms with E-state index in [1.807, 2.05) is 6.07 Å². The second kappa shape index (κ2) is 6.97. The van der Waals surface area contributed by atoms with Crippen LogP contribution in [-0.2, 0) is 0 Å². The van der Waals surface area contributed by atoms with Crippen LogP contribution in [0.1, 0.15) is 38.5 Å². The first-order valence-electron chi connectivity index (χ1n) is 7.47. The van der Waals surface area contributed by atoms with Crippen LogP contribution in [0, 0.1) is 0 Å². The van der Waals surface area contributed by atoms with Crippen molar-refractivity contribution in [2.45, 2.75) is 38.5 Å². The molecule has 0 spiro atoms. The zero-order chi connectivity index (χ0) is 13.1. The average Bonchev–Trinajstić information content (AvgIpc) is 2.48. The number of anilines is 3. The Morgan fingerprint density at radius 3 is 1.95 bits per heavy atom. The van der Waals surface area contributed by atoms with Gasteiger partial charge in [-0.05, 0) is 38.5 Å². The highest BCUT2D eigenvalue weighted by Crippen LogP contribution is 2.23. The minimum Gasteiger partial charge on any atom is -0.383 e. The van der Waals surface area contributed by atoms with Gasteiger partial charge < -0.3 is 15.5 Å². The molecular weight excluding hydrogens is 274 g/mol. The molecule has 0 bridgehead atoms. The Hall–Kier alpha value is -1.23. The Bertz CT molecular complexity index is 391. The van der Waals surface area contributed by atoms with Gasteiger partial charge in [0.2, 0.25) is 5.95 Å². The summed E-state index contributed by atoms with van der Waals surface area (Å²) >= 11 is 0. The standard InChI is InChI=1S/C14H23N5.ClH/c15-12-11-13(18-7-3-1-4-8-18)17-14(16-12)19-9-5-2-6-10-19;/h11H,1-10H2,(H2,15,16,17);1H. The highest BCUT2D eigenvalue weighted by Gasteiger charge is 2.18. The molecule has 0 unspecified atom stereocenters. The van der Waals surface area contributed by atoms with Crippen LogP contribution in [-0.4, -0.2) is 36.1 Å². The van der Waals surface area contributed by atoms with Crippen molar-refractivity contribution in [3.63, 3.8) is 0 Å². The number of halogens is 1. The lowest BCUT2D eigenvalue weighted by molar-refractivity contribution is 0.561. The van der Waals surface area contributed by atoms with Crippen LogP contribution in [0.25, 0.3) is 0 Å². The number of piperidine rings is 2. The van der Waals surface area contributed by atoms with Gasteiger partial charge in [-0.15, -0.1) is 12.4 Å². The number of hydrogen-bond donors (Lipinski definition) is 1. The molecule has 2 N–H and O–H groups in total. The Kier molecular flexibility index (Phi) is 5.29. The van der Waals surface area contributed by atoms with Gasteiger partial charge in [-0.1, -0.05) is 0 Å². The van der Waals surface area contributed by atoms with Gasteiger partial charge in [0, 0.05) is 32.2 Å². The summed E-state index contributed by atoms with van der Waals surface area (Å²) in [6, 6.07) is 1.92. The van der Waals surface area contributed by atoms with Crippen molar-refractivity contribution in [3.8, 4) is 0 Å². The number of rotatable bonds is 2. The van der Waals surface area contributed by atoms with Crippen LogP contribution >= 0.6 is 12.4 Å². The summed E-state index contributed by atoms with van der Waals surface area (Å²) in [4.78, 5) is 13.8. The molecule has 20 heavy (non-hydrogen) atoms. The fourth-order valence-corrected chi connectivity index (χ4v) is 2.96. The lowest BCUT2D eigenvalue weighted by atomic mass is 10.1. The van der Waals surface area contributed by atoms with Gasteiger partial charge in [0.1, 0.15) is 11.6 Å². The van der Waals surface area contributed by atoms with E-state index in [1.165, 1.54) is 38.5 Å². The van der Waals surface area contributed by atoms with Crippen molar-refractivity contribution in [1.29, 1.82) is 0 Å². The molecule has 0 atom stereocenters. The van der Waals surface area contributed by atoms with Gasteiger partial charge in [0.15, 0.2) is 0 Å². The smallest absolute Gasteiger partial charge is 0.229 e. The van der Waals surface area contributed by atoms with Gasteiger partial charge in [-0.25, -0.2) is 0 Å². The SMILES string of the molecule is Cl.Nc1cc(N2CCCCC2)nc(N2CCCCC2)n1. The Morgan fingerprint density at radius 1 is 0.800 bits per heavy atom. The van der Waals surface area contributed by atoms with Crippen LogP contribution in [0.5, 0.6) is 0 Å². The molecule has 6 heteroatoms. The van der Waals surface area contributed by atoms with Gasteiger partial charge in [-0.2, -0.15) is 9.97 Å². The van der Waals surface area contributed by atoms with E-state index in [2.05, 4.69) is 14.8 Å². The summed E-state index contributed by atoms with van der Waals surface area (Å²) in [6.07, 6.45) is 7.62. The van der Waals surface area contributed by atoms with E-state index in [0.29, 0.717) is 5.82 Å². The van der Waals surface area contributed by atoms with Gasteiger partial charge in [-0.3, -0.25) is 0 Å². The Labute approximate surface area is 127 Å². The predicted octanol–water partition coefficient (Wildman–Crippen LogP) is 2.46. The minimum absolute atomic E-state index is 0. The number of aromatic nitrogens is 2. The molecule has 0 aliphatic carbocycles. The van der Waals surface area contributed by atoms with Crippen molar-refractivity contribution >= 4 is 30.0 Å². The summed E-state index contributed by atoms with van der Waals surface area (Å²) < 4.78 is 0. The molecule has 0 aromatic carbocycles. The first-order chi connectivity index (χ1) is 9.33. The molecule has 0 amide bonds. The molecule has 1 aromatic rings. The number of hydrogen-bond acceptors (Lipinski definition) is 5. The van der Waals surface area contributed by atoms with Gasteiger partial charge in [0.25, 0.3) is 0 Å². The lowest BCUT2D eigenvalue weighted by Crippen LogP contribution is -2.33. The summed E-state index contributed by atoms with van der Waals surface area (Å²) in [7, 11) is 0. The van der Waals surface area contributed by atoms with Crippen LogP contribution in [0.15, 0.2) is 6.07 Å². The zero-order valence-corrected chi connectivity index (χ0v) is 12.7. The number of nitrogens with two attached hydrogens (primary N) is 1. The number of nitrogen functional groups attached to an aromatic ring is 1. The molecule has 2 aliphatic heterocycles. The highest BCUT2D eigenvalue weighted by atomic mass is 35.5. The first kappa shape index (κ1) is 15.2. The maximum Gasteiger partial charge on any atom is 0.229 e. The van der Waals surface area contributed by atoms with Crippen molar-refractivity contribution < 1.29 is 0 Å². The second-order valence-corrected chi connectivity index (χ2v) is 5.55. The molecule has 112 valence electrons. The Morgan fingerprint density at radius 2 is 1.35 bits per heavy atom. The van der Waals surface area contributed by atoms with Crippen molar-refractivity contribution in [2.24, 2.45) is 0 Å². The number of nitrogens with zero attached hydrogens (tertiary/aromatic N) is 4. The maximum atomic E-state index is 5.97. The predicted molar refractivity (Wildman–Crippen MR) is 85.8 cm³/mol. The van der Waals surface area contributed by atoms with Crippen LogP contribution < -0.4 is 15.5 Å². The normalized spacial score (nSPS) is 19.6. The topological polar surface area (TPSA) is 58.3 Å². The molecule has 1 aromatic heterocycles. The van der Waals surface area contributed by atoms with E-state index < -0.39 is 0 Å².